The van der Waals surface area contributed by atoms with E-state index in [4.69, 9.17) is 0 Å². The summed E-state index contributed by atoms with van der Waals surface area (Å²) in [6.07, 6.45) is -1.79. The van der Waals surface area contributed by atoms with Gasteiger partial charge in [0.15, 0.2) is 5.96 Å². The second kappa shape index (κ2) is 10.3. The highest BCUT2D eigenvalue weighted by molar-refractivity contribution is 7.99. The fraction of sp³-hybridized carbons (Fsp3) is 0.882. The molecule has 1 aliphatic heterocycles. The Labute approximate surface area is 157 Å². The summed E-state index contributed by atoms with van der Waals surface area (Å²) in [4.78, 5) is 18.6. The summed E-state index contributed by atoms with van der Waals surface area (Å²) in [6.45, 7) is 3.89. The summed E-state index contributed by atoms with van der Waals surface area (Å²) in [5.74, 6) is 2.82. The first-order chi connectivity index (χ1) is 12.4. The van der Waals surface area contributed by atoms with Crippen LogP contribution < -0.4 is 10.6 Å². The molecular formula is C17H29F3N4OS. The topological polar surface area (TPSA) is 56.7 Å². The van der Waals surface area contributed by atoms with Crippen molar-refractivity contribution in [2.45, 2.75) is 51.2 Å². The van der Waals surface area contributed by atoms with Gasteiger partial charge in [0, 0.05) is 43.1 Å². The van der Waals surface area contributed by atoms with Crippen LogP contribution in [0.3, 0.4) is 0 Å². The Kier molecular flexibility index (Phi) is 8.37. The molecule has 0 aromatic carbocycles. The number of carbonyl (C=O) groups excluding carboxylic acids is 1. The summed E-state index contributed by atoms with van der Waals surface area (Å²) in [7, 11) is 0. The van der Waals surface area contributed by atoms with E-state index in [1.165, 1.54) is 0 Å². The van der Waals surface area contributed by atoms with Crippen LogP contribution in [0.2, 0.25) is 0 Å². The molecule has 0 aromatic heterocycles. The molecule has 1 saturated carbocycles. The van der Waals surface area contributed by atoms with Crippen molar-refractivity contribution >= 4 is 23.6 Å². The standard InChI is InChI=1S/C17H29F3N4OS/c1-2-21-16(22-8-7-17(18,19)20)23-14-5-3-13(4-6-14)15(25)24-9-11-26-12-10-24/h13-14H,2-12H2,1H3,(H2,21,22,23). The van der Waals surface area contributed by atoms with Gasteiger partial charge >= 0.3 is 6.18 Å². The molecule has 5 nitrogen and oxygen atoms in total. The first-order valence-corrected chi connectivity index (χ1v) is 10.5. The zero-order valence-corrected chi connectivity index (χ0v) is 16.1. The molecule has 1 amide bonds. The Morgan fingerprint density at radius 3 is 2.42 bits per heavy atom. The molecule has 26 heavy (non-hydrogen) atoms. The van der Waals surface area contributed by atoms with E-state index in [9.17, 15) is 18.0 Å². The quantitative estimate of drug-likeness (QED) is 0.556. The van der Waals surface area contributed by atoms with Crippen LogP contribution >= 0.6 is 11.8 Å². The normalized spacial score (nSPS) is 25.1. The molecule has 0 aromatic rings. The zero-order chi connectivity index (χ0) is 19.0. The van der Waals surface area contributed by atoms with Gasteiger partial charge in [-0.05, 0) is 32.6 Å². The molecule has 0 spiro atoms. The minimum absolute atomic E-state index is 0.0842. The number of amides is 1. The van der Waals surface area contributed by atoms with E-state index in [1.54, 1.807) is 0 Å². The first-order valence-electron chi connectivity index (χ1n) is 9.37. The molecule has 1 heterocycles. The van der Waals surface area contributed by atoms with Crippen molar-refractivity contribution in [1.82, 2.24) is 15.5 Å². The molecular weight excluding hydrogens is 365 g/mol. The Hall–Kier alpha value is -1.12. The van der Waals surface area contributed by atoms with Crippen molar-refractivity contribution in [2.24, 2.45) is 10.9 Å². The number of rotatable bonds is 5. The van der Waals surface area contributed by atoms with Crippen LogP contribution in [0.5, 0.6) is 0 Å². The molecule has 1 aliphatic carbocycles. The average molecular weight is 395 g/mol. The van der Waals surface area contributed by atoms with Crippen LogP contribution in [0.25, 0.3) is 0 Å². The molecule has 0 atom stereocenters. The van der Waals surface area contributed by atoms with E-state index in [0.29, 0.717) is 12.5 Å². The van der Waals surface area contributed by atoms with Crippen molar-refractivity contribution in [2.75, 3.05) is 37.7 Å². The zero-order valence-electron chi connectivity index (χ0n) is 15.3. The predicted octanol–water partition coefficient (Wildman–Crippen LogP) is 2.63. The number of hydrogen-bond donors (Lipinski definition) is 2. The highest BCUT2D eigenvalue weighted by Gasteiger charge is 2.30. The summed E-state index contributed by atoms with van der Waals surface area (Å²) in [5, 5.41) is 6.22. The van der Waals surface area contributed by atoms with Gasteiger partial charge in [0.25, 0.3) is 0 Å². The van der Waals surface area contributed by atoms with Gasteiger partial charge in [0.1, 0.15) is 0 Å². The lowest BCUT2D eigenvalue weighted by Crippen LogP contribution is -2.47. The van der Waals surface area contributed by atoms with Gasteiger partial charge in [-0.2, -0.15) is 24.9 Å². The van der Waals surface area contributed by atoms with E-state index in [1.807, 2.05) is 23.6 Å². The number of thioether (sulfide) groups is 1. The van der Waals surface area contributed by atoms with Crippen LogP contribution in [0.15, 0.2) is 4.99 Å². The van der Waals surface area contributed by atoms with Crippen molar-refractivity contribution in [1.29, 1.82) is 0 Å². The van der Waals surface area contributed by atoms with E-state index in [-0.39, 0.29) is 24.4 Å². The molecule has 1 saturated heterocycles. The fourth-order valence-electron chi connectivity index (χ4n) is 3.33. The van der Waals surface area contributed by atoms with Crippen LogP contribution in [-0.4, -0.2) is 66.7 Å². The third-order valence-electron chi connectivity index (χ3n) is 4.75. The van der Waals surface area contributed by atoms with Gasteiger partial charge < -0.3 is 15.5 Å². The lowest BCUT2D eigenvalue weighted by molar-refractivity contribution is -0.136. The number of carbonyl (C=O) groups is 1. The Morgan fingerprint density at radius 2 is 1.85 bits per heavy atom. The maximum absolute atomic E-state index is 12.6. The number of aliphatic imine (C=N–C) groups is 1. The van der Waals surface area contributed by atoms with Gasteiger partial charge in [-0.15, -0.1) is 0 Å². The summed E-state index contributed by atoms with van der Waals surface area (Å²) in [6, 6.07) is 0.152. The largest absolute Gasteiger partial charge is 0.390 e. The van der Waals surface area contributed by atoms with E-state index in [0.717, 1.165) is 50.3 Å². The van der Waals surface area contributed by atoms with Crippen molar-refractivity contribution in [3.8, 4) is 0 Å². The predicted molar refractivity (Wildman–Crippen MR) is 99.4 cm³/mol. The third-order valence-corrected chi connectivity index (χ3v) is 5.69. The second-order valence-corrected chi connectivity index (χ2v) is 7.98. The van der Waals surface area contributed by atoms with Gasteiger partial charge in [-0.25, -0.2) is 0 Å². The maximum Gasteiger partial charge on any atom is 0.390 e. The molecule has 2 rings (SSSR count). The summed E-state index contributed by atoms with van der Waals surface area (Å²) < 4.78 is 36.8. The number of alkyl halides is 3. The number of nitrogens with zero attached hydrogens (tertiary/aromatic N) is 2. The molecule has 0 radical (unpaired) electrons. The van der Waals surface area contributed by atoms with Crippen LogP contribution in [0.4, 0.5) is 13.2 Å². The monoisotopic (exact) mass is 394 g/mol. The lowest BCUT2D eigenvalue weighted by Gasteiger charge is -2.34. The van der Waals surface area contributed by atoms with Crippen molar-refractivity contribution in [3.05, 3.63) is 0 Å². The molecule has 2 aliphatic rings. The first kappa shape index (κ1) is 21.2. The van der Waals surface area contributed by atoms with E-state index >= 15 is 0 Å². The van der Waals surface area contributed by atoms with Crippen LogP contribution in [0, 0.1) is 5.92 Å². The molecule has 0 bridgehead atoms. The van der Waals surface area contributed by atoms with Crippen molar-refractivity contribution in [3.63, 3.8) is 0 Å². The summed E-state index contributed by atoms with van der Waals surface area (Å²) >= 11 is 1.89. The molecule has 2 N–H and O–H groups in total. The SMILES string of the molecule is CCNC(=NCCC(F)(F)F)NC1CCC(C(=O)N2CCSCC2)CC1. The van der Waals surface area contributed by atoms with Gasteiger partial charge in [0.05, 0.1) is 13.0 Å². The van der Waals surface area contributed by atoms with Crippen LogP contribution in [0.1, 0.15) is 39.0 Å². The molecule has 0 unspecified atom stereocenters. The van der Waals surface area contributed by atoms with Gasteiger partial charge in [0.2, 0.25) is 5.91 Å². The number of hydrogen-bond acceptors (Lipinski definition) is 3. The lowest BCUT2D eigenvalue weighted by atomic mass is 9.85. The van der Waals surface area contributed by atoms with Gasteiger partial charge in [-0.3, -0.25) is 9.79 Å². The highest BCUT2D eigenvalue weighted by atomic mass is 32.2. The number of halogens is 3. The molecule has 150 valence electrons. The van der Waals surface area contributed by atoms with E-state index in [2.05, 4.69) is 15.6 Å². The Morgan fingerprint density at radius 1 is 1.19 bits per heavy atom. The van der Waals surface area contributed by atoms with E-state index < -0.39 is 12.6 Å². The number of nitrogens with one attached hydrogen (secondary N) is 2. The Bertz CT molecular complexity index is 473. The summed E-state index contributed by atoms with van der Waals surface area (Å²) in [5.41, 5.74) is 0. The minimum Gasteiger partial charge on any atom is -0.357 e. The Balaban J connectivity index is 1.78. The fourth-order valence-corrected chi connectivity index (χ4v) is 4.24. The molecule has 9 heteroatoms. The average Bonchev–Trinajstić information content (AvgIpc) is 2.61. The van der Waals surface area contributed by atoms with Gasteiger partial charge in [-0.1, -0.05) is 0 Å². The third kappa shape index (κ3) is 7.25. The minimum atomic E-state index is -4.19. The smallest absolute Gasteiger partial charge is 0.357 e. The highest BCUT2D eigenvalue weighted by Crippen LogP contribution is 2.27. The molecule has 2 fully saturated rings. The maximum atomic E-state index is 12.6. The van der Waals surface area contributed by atoms with Crippen molar-refractivity contribution < 1.29 is 18.0 Å². The number of guanidine groups is 1. The van der Waals surface area contributed by atoms with Crippen LogP contribution in [-0.2, 0) is 4.79 Å². The second-order valence-electron chi connectivity index (χ2n) is 6.76.